The van der Waals surface area contributed by atoms with E-state index < -0.39 is 0 Å². The van der Waals surface area contributed by atoms with Crippen LogP contribution in [0, 0.1) is 0 Å². The maximum Gasteiger partial charge on any atom is 0.0105 e. The van der Waals surface area contributed by atoms with Crippen LogP contribution in [-0.2, 0) is 6.42 Å². The summed E-state index contributed by atoms with van der Waals surface area (Å²) in [4.78, 5) is 0. The third-order valence-corrected chi connectivity index (χ3v) is 2.69. The molecule has 0 spiro atoms. The van der Waals surface area contributed by atoms with E-state index in [0.717, 1.165) is 12.8 Å². The Balaban J connectivity index is 2.36. The summed E-state index contributed by atoms with van der Waals surface area (Å²) in [6, 6.07) is 11.2. The van der Waals surface area contributed by atoms with Gasteiger partial charge in [0.15, 0.2) is 0 Å². The fourth-order valence-corrected chi connectivity index (χ4v) is 1.76. The zero-order valence-corrected chi connectivity index (χ0v) is 9.58. The highest BCUT2D eigenvalue weighted by Gasteiger charge is 2.05. The van der Waals surface area contributed by atoms with E-state index in [2.05, 4.69) is 42.2 Å². The van der Waals surface area contributed by atoms with Crippen molar-refractivity contribution in [2.24, 2.45) is 0 Å². The van der Waals surface area contributed by atoms with E-state index in [-0.39, 0.29) is 0 Å². The summed E-state index contributed by atoms with van der Waals surface area (Å²) in [5, 5.41) is 3.38. The Kier molecular flexibility index (Phi) is 5.79. The van der Waals surface area contributed by atoms with Crippen LogP contribution in [0.5, 0.6) is 0 Å². The van der Waals surface area contributed by atoms with Crippen LogP contribution in [0.2, 0.25) is 0 Å². The Bertz CT molecular complexity index is 266. The molecule has 1 aromatic carbocycles. The standard InChI is InChI=1S/C14H21N/c1-3-4-6-11-14(15-2)12-13-9-7-5-8-10-13/h3,5,7-10,14-15H,1,4,6,11-12H2,2H3. The van der Waals surface area contributed by atoms with E-state index >= 15 is 0 Å². The molecule has 1 N–H and O–H groups in total. The summed E-state index contributed by atoms with van der Waals surface area (Å²) in [5.41, 5.74) is 1.41. The Morgan fingerprint density at radius 3 is 2.67 bits per heavy atom. The molecule has 1 heteroatoms. The molecule has 1 aromatic rings. The predicted octanol–water partition coefficient (Wildman–Crippen LogP) is 3.17. The molecule has 0 aliphatic heterocycles. The second-order valence-corrected chi connectivity index (χ2v) is 3.89. The van der Waals surface area contributed by atoms with Gasteiger partial charge >= 0.3 is 0 Å². The Morgan fingerprint density at radius 1 is 1.33 bits per heavy atom. The quantitative estimate of drug-likeness (QED) is 0.530. The van der Waals surface area contributed by atoms with Crippen molar-refractivity contribution in [2.75, 3.05) is 7.05 Å². The van der Waals surface area contributed by atoms with E-state index in [9.17, 15) is 0 Å². The summed E-state index contributed by atoms with van der Waals surface area (Å²) in [5.74, 6) is 0. The molecular formula is C14H21N. The average molecular weight is 203 g/mol. The molecule has 1 atom stereocenters. The first-order valence-electron chi connectivity index (χ1n) is 5.69. The molecule has 0 saturated heterocycles. The third kappa shape index (κ3) is 4.80. The Hall–Kier alpha value is -1.08. The lowest BCUT2D eigenvalue weighted by Crippen LogP contribution is -2.27. The highest BCUT2D eigenvalue weighted by Crippen LogP contribution is 2.08. The zero-order chi connectivity index (χ0) is 10.9. The summed E-state index contributed by atoms with van der Waals surface area (Å²) < 4.78 is 0. The highest BCUT2D eigenvalue weighted by atomic mass is 14.9. The van der Waals surface area contributed by atoms with Gasteiger partial charge in [-0.3, -0.25) is 0 Å². The maximum atomic E-state index is 3.75. The van der Waals surface area contributed by atoms with Gasteiger partial charge in [-0.15, -0.1) is 6.58 Å². The monoisotopic (exact) mass is 203 g/mol. The smallest absolute Gasteiger partial charge is 0.0105 e. The van der Waals surface area contributed by atoms with Crippen molar-refractivity contribution < 1.29 is 0 Å². The summed E-state index contributed by atoms with van der Waals surface area (Å²) >= 11 is 0. The first-order valence-corrected chi connectivity index (χ1v) is 5.69. The lowest BCUT2D eigenvalue weighted by atomic mass is 10.0. The lowest BCUT2D eigenvalue weighted by Gasteiger charge is -2.15. The van der Waals surface area contributed by atoms with Gasteiger partial charge in [0.2, 0.25) is 0 Å². The van der Waals surface area contributed by atoms with Gasteiger partial charge in [0.1, 0.15) is 0 Å². The number of benzene rings is 1. The first kappa shape index (κ1) is 12.0. The second-order valence-electron chi connectivity index (χ2n) is 3.89. The summed E-state index contributed by atoms with van der Waals surface area (Å²) in [7, 11) is 2.04. The minimum atomic E-state index is 0.590. The van der Waals surface area contributed by atoms with Crippen molar-refractivity contribution in [3.05, 3.63) is 48.6 Å². The molecule has 0 radical (unpaired) electrons. The van der Waals surface area contributed by atoms with E-state index in [4.69, 9.17) is 0 Å². The largest absolute Gasteiger partial charge is 0.317 e. The predicted molar refractivity (Wildman–Crippen MR) is 67.0 cm³/mol. The van der Waals surface area contributed by atoms with Crippen molar-refractivity contribution in [2.45, 2.75) is 31.7 Å². The van der Waals surface area contributed by atoms with Gasteiger partial charge < -0.3 is 5.32 Å². The number of likely N-dealkylation sites (N-methyl/N-ethyl adjacent to an activating group) is 1. The first-order chi connectivity index (χ1) is 7.36. The molecule has 82 valence electrons. The molecule has 0 heterocycles. The van der Waals surface area contributed by atoms with Gasteiger partial charge in [-0.2, -0.15) is 0 Å². The number of hydrogen-bond donors (Lipinski definition) is 1. The van der Waals surface area contributed by atoms with E-state index in [0.29, 0.717) is 6.04 Å². The molecule has 0 bridgehead atoms. The average Bonchev–Trinajstić information content (AvgIpc) is 2.29. The topological polar surface area (TPSA) is 12.0 Å². The van der Waals surface area contributed by atoms with Crippen LogP contribution < -0.4 is 5.32 Å². The molecule has 0 aliphatic rings. The van der Waals surface area contributed by atoms with Gasteiger partial charge in [0, 0.05) is 6.04 Å². The molecular weight excluding hydrogens is 182 g/mol. The van der Waals surface area contributed by atoms with Crippen LogP contribution in [0.3, 0.4) is 0 Å². The number of rotatable bonds is 7. The maximum absolute atomic E-state index is 3.75. The van der Waals surface area contributed by atoms with Crippen LogP contribution in [-0.4, -0.2) is 13.1 Å². The number of hydrogen-bond acceptors (Lipinski definition) is 1. The van der Waals surface area contributed by atoms with Gasteiger partial charge in [0.05, 0.1) is 0 Å². The molecule has 1 unspecified atom stereocenters. The highest BCUT2D eigenvalue weighted by molar-refractivity contribution is 5.15. The van der Waals surface area contributed by atoms with Crippen molar-refractivity contribution in [3.8, 4) is 0 Å². The van der Waals surface area contributed by atoms with E-state index in [1.807, 2.05) is 13.1 Å². The van der Waals surface area contributed by atoms with Crippen molar-refractivity contribution >= 4 is 0 Å². The van der Waals surface area contributed by atoms with Gasteiger partial charge in [-0.25, -0.2) is 0 Å². The van der Waals surface area contributed by atoms with Gasteiger partial charge in [-0.05, 0) is 38.3 Å². The van der Waals surface area contributed by atoms with Crippen LogP contribution in [0.1, 0.15) is 24.8 Å². The molecule has 0 aromatic heterocycles. The normalized spacial score (nSPS) is 12.3. The molecule has 15 heavy (non-hydrogen) atoms. The van der Waals surface area contributed by atoms with Crippen LogP contribution >= 0.6 is 0 Å². The summed E-state index contributed by atoms with van der Waals surface area (Å²) in [6.45, 7) is 3.75. The minimum Gasteiger partial charge on any atom is -0.317 e. The molecule has 0 aliphatic carbocycles. The number of unbranched alkanes of at least 4 members (excludes halogenated alkanes) is 1. The van der Waals surface area contributed by atoms with Crippen molar-refractivity contribution in [3.63, 3.8) is 0 Å². The number of allylic oxidation sites excluding steroid dienone is 1. The van der Waals surface area contributed by atoms with Gasteiger partial charge in [-0.1, -0.05) is 36.4 Å². The fraction of sp³-hybridized carbons (Fsp3) is 0.429. The Morgan fingerprint density at radius 2 is 2.07 bits per heavy atom. The molecule has 1 rings (SSSR count). The van der Waals surface area contributed by atoms with Crippen molar-refractivity contribution in [1.82, 2.24) is 5.32 Å². The minimum absolute atomic E-state index is 0.590. The van der Waals surface area contributed by atoms with Crippen LogP contribution in [0.25, 0.3) is 0 Å². The molecule has 0 fully saturated rings. The lowest BCUT2D eigenvalue weighted by molar-refractivity contribution is 0.504. The molecule has 0 amide bonds. The van der Waals surface area contributed by atoms with E-state index in [1.54, 1.807) is 0 Å². The van der Waals surface area contributed by atoms with Crippen LogP contribution in [0.15, 0.2) is 43.0 Å². The Labute approximate surface area is 93.2 Å². The van der Waals surface area contributed by atoms with Gasteiger partial charge in [0.25, 0.3) is 0 Å². The summed E-state index contributed by atoms with van der Waals surface area (Å²) in [6.07, 6.45) is 6.68. The zero-order valence-electron chi connectivity index (χ0n) is 9.58. The van der Waals surface area contributed by atoms with E-state index in [1.165, 1.54) is 18.4 Å². The molecule has 1 nitrogen and oxygen atoms in total. The molecule has 0 saturated carbocycles. The number of nitrogens with one attached hydrogen (secondary N) is 1. The fourth-order valence-electron chi connectivity index (χ4n) is 1.76. The third-order valence-electron chi connectivity index (χ3n) is 2.69. The van der Waals surface area contributed by atoms with Crippen molar-refractivity contribution in [1.29, 1.82) is 0 Å². The second kappa shape index (κ2) is 7.24. The van der Waals surface area contributed by atoms with Crippen LogP contribution in [0.4, 0.5) is 0 Å². The SMILES string of the molecule is C=CCCCC(Cc1ccccc1)NC.